The molecule has 0 spiro atoms. The van der Waals surface area contributed by atoms with Crippen molar-refractivity contribution in [2.45, 2.75) is 30.9 Å². The second-order valence-electron chi connectivity index (χ2n) is 8.57. The minimum Gasteiger partial charge on any atom is -0.390 e. The van der Waals surface area contributed by atoms with Gasteiger partial charge in [-0.25, -0.2) is 0 Å². The summed E-state index contributed by atoms with van der Waals surface area (Å²) < 4.78 is 0. The van der Waals surface area contributed by atoms with E-state index in [9.17, 15) is 14.7 Å². The molecule has 3 aromatic carbocycles. The van der Waals surface area contributed by atoms with Crippen molar-refractivity contribution < 1.29 is 14.7 Å². The minimum absolute atomic E-state index is 0.302. The van der Waals surface area contributed by atoms with E-state index in [2.05, 4.69) is 11.8 Å². The van der Waals surface area contributed by atoms with Gasteiger partial charge in [0.25, 0.3) is 11.8 Å². The summed E-state index contributed by atoms with van der Waals surface area (Å²) in [6, 6.07) is 24.3. The maximum atomic E-state index is 13.2. The van der Waals surface area contributed by atoms with E-state index >= 15 is 0 Å². The van der Waals surface area contributed by atoms with Crippen LogP contribution in [0.1, 0.15) is 57.2 Å². The normalized spacial score (nSPS) is 24.3. The Hall–Kier alpha value is -3.68. The Balaban J connectivity index is 1.50. The lowest BCUT2D eigenvalue weighted by atomic mass is 9.61. The number of carbonyl (C=O) groups excluding carboxylic acids is 2. The van der Waals surface area contributed by atoms with Gasteiger partial charge >= 0.3 is 0 Å². The van der Waals surface area contributed by atoms with Crippen molar-refractivity contribution in [1.29, 1.82) is 0 Å². The molecule has 4 heteroatoms. The zero-order chi connectivity index (χ0) is 21.6. The molecule has 0 saturated heterocycles. The molecule has 1 aliphatic heterocycles. The predicted molar refractivity (Wildman–Crippen MR) is 117 cm³/mol. The SMILES string of the molecule is CC1(O)CC(c2ccc(C#Cc3ccccc3)cc2)(N2C(=O)c3ccccc3C2=O)C1. The fourth-order valence-corrected chi connectivity index (χ4v) is 4.81. The van der Waals surface area contributed by atoms with Gasteiger partial charge in [-0.3, -0.25) is 14.5 Å². The van der Waals surface area contributed by atoms with E-state index in [0.717, 1.165) is 16.7 Å². The minimum atomic E-state index is -0.929. The summed E-state index contributed by atoms with van der Waals surface area (Å²) in [6.07, 6.45) is 0.612. The Bertz CT molecular complexity index is 1200. The van der Waals surface area contributed by atoms with Gasteiger partial charge in [0, 0.05) is 24.0 Å². The average Bonchev–Trinajstić information content (AvgIpc) is 3.02. The van der Waals surface area contributed by atoms with Crippen LogP contribution in [0.25, 0.3) is 0 Å². The molecular weight excluding hydrogens is 386 g/mol. The summed E-state index contributed by atoms with van der Waals surface area (Å²) in [5, 5.41) is 10.6. The Morgan fingerprint density at radius 1 is 0.742 bits per heavy atom. The van der Waals surface area contributed by atoms with Gasteiger partial charge in [-0.15, -0.1) is 0 Å². The van der Waals surface area contributed by atoms with Gasteiger partial charge in [-0.1, -0.05) is 54.3 Å². The first-order valence-corrected chi connectivity index (χ1v) is 10.3. The van der Waals surface area contributed by atoms with Crippen molar-refractivity contribution in [3.05, 3.63) is 107 Å². The van der Waals surface area contributed by atoms with E-state index in [1.165, 1.54) is 4.90 Å². The lowest BCUT2D eigenvalue weighted by Crippen LogP contribution is -2.63. The number of fused-ring (bicyclic) bond motifs is 1. The average molecular weight is 407 g/mol. The number of hydrogen-bond acceptors (Lipinski definition) is 3. The van der Waals surface area contributed by atoms with Gasteiger partial charge < -0.3 is 5.11 Å². The first-order valence-electron chi connectivity index (χ1n) is 10.3. The van der Waals surface area contributed by atoms with Crippen molar-refractivity contribution in [3.63, 3.8) is 0 Å². The smallest absolute Gasteiger partial charge is 0.262 e. The molecule has 2 aliphatic rings. The highest BCUT2D eigenvalue weighted by Gasteiger charge is 2.60. The molecular formula is C27H21NO3. The lowest BCUT2D eigenvalue weighted by Gasteiger charge is -2.55. The molecule has 2 amide bonds. The number of aliphatic hydroxyl groups is 1. The van der Waals surface area contributed by atoms with Gasteiger partial charge in [0.1, 0.15) is 0 Å². The fraction of sp³-hybridized carbons (Fsp3) is 0.185. The molecule has 0 bridgehead atoms. The third-order valence-electron chi connectivity index (χ3n) is 6.12. The maximum absolute atomic E-state index is 13.2. The number of amides is 2. The standard InChI is InChI=1S/C27H21NO3/c1-26(31)17-27(18-26,28-24(29)22-9-5-6-10-23(22)25(28)30)21-15-13-20(14-16-21)12-11-19-7-3-2-4-8-19/h2-10,13-16,31H,17-18H2,1H3. The van der Waals surface area contributed by atoms with Crippen LogP contribution in [-0.2, 0) is 5.54 Å². The summed E-state index contributed by atoms with van der Waals surface area (Å²) in [7, 11) is 0. The van der Waals surface area contributed by atoms with Gasteiger partial charge in [0.15, 0.2) is 0 Å². The van der Waals surface area contributed by atoms with Crippen LogP contribution in [0.5, 0.6) is 0 Å². The monoisotopic (exact) mass is 407 g/mol. The van der Waals surface area contributed by atoms with Crippen molar-refractivity contribution in [3.8, 4) is 11.8 Å². The second-order valence-corrected chi connectivity index (χ2v) is 8.57. The molecule has 1 fully saturated rings. The number of benzene rings is 3. The quantitative estimate of drug-likeness (QED) is 0.514. The molecule has 0 radical (unpaired) electrons. The lowest BCUT2D eigenvalue weighted by molar-refractivity contribution is -0.118. The zero-order valence-corrected chi connectivity index (χ0v) is 17.1. The van der Waals surface area contributed by atoms with Crippen LogP contribution in [0.4, 0.5) is 0 Å². The van der Waals surface area contributed by atoms with Gasteiger partial charge in [-0.05, 0) is 48.9 Å². The molecule has 0 aromatic heterocycles. The number of hydrogen-bond donors (Lipinski definition) is 1. The van der Waals surface area contributed by atoms with Gasteiger partial charge in [0.2, 0.25) is 0 Å². The van der Waals surface area contributed by atoms with Crippen LogP contribution in [-0.4, -0.2) is 27.4 Å². The van der Waals surface area contributed by atoms with Crippen molar-refractivity contribution in [1.82, 2.24) is 4.90 Å². The summed E-state index contributed by atoms with van der Waals surface area (Å²) in [5.74, 6) is 5.68. The number of carbonyl (C=O) groups is 2. The van der Waals surface area contributed by atoms with Crippen LogP contribution in [0.2, 0.25) is 0 Å². The highest BCUT2D eigenvalue weighted by Crippen LogP contribution is 2.54. The maximum Gasteiger partial charge on any atom is 0.262 e. The fourth-order valence-electron chi connectivity index (χ4n) is 4.81. The Kier molecular flexibility index (Phi) is 4.32. The van der Waals surface area contributed by atoms with Crippen molar-refractivity contribution in [2.75, 3.05) is 0 Å². The van der Waals surface area contributed by atoms with E-state index < -0.39 is 11.1 Å². The van der Waals surface area contributed by atoms with E-state index in [1.807, 2.05) is 54.6 Å². The summed E-state index contributed by atoms with van der Waals surface area (Å²) >= 11 is 0. The predicted octanol–water partition coefficient (Wildman–Crippen LogP) is 4.12. The summed E-state index contributed by atoms with van der Waals surface area (Å²) in [5.41, 5.74) is 1.66. The van der Waals surface area contributed by atoms with Gasteiger partial charge in [-0.2, -0.15) is 0 Å². The molecule has 1 saturated carbocycles. The molecule has 1 N–H and O–H groups in total. The Morgan fingerprint density at radius 2 is 1.23 bits per heavy atom. The molecule has 4 nitrogen and oxygen atoms in total. The highest BCUT2D eigenvalue weighted by molar-refractivity contribution is 6.22. The third kappa shape index (κ3) is 3.15. The first-order chi connectivity index (χ1) is 14.9. The van der Waals surface area contributed by atoms with Crippen LogP contribution < -0.4 is 0 Å². The van der Waals surface area contributed by atoms with E-state index in [-0.39, 0.29) is 11.8 Å². The molecule has 0 atom stereocenters. The zero-order valence-electron chi connectivity index (χ0n) is 17.1. The Labute approximate surface area is 181 Å². The van der Waals surface area contributed by atoms with E-state index in [0.29, 0.717) is 24.0 Å². The van der Waals surface area contributed by atoms with Crippen molar-refractivity contribution in [2.24, 2.45) is 0 Å². The number of rotatable bonds is 2. The second kappa shape index (κ2) is 6.94. The number of nitrogens with zero attached hydrogens (tertiary/aromatic N) is 1. The van der Waals surface area contributed by atoms with Crippen LogP contribution in [0.3, 0.4) is 0 Å². The molecule has 1 heterocycles. The van der Waals surface area contributed by atoms with Crippen LogP contribution >= 0.6 is 0 Å². The molecule has 3 aromatic rings. The third-order valence-corrected chi connectivity index (χ3v) is 6.12. The van der Waals surface area contributed by atoms with Crippen molar-refractivity contribution >= 4 is 11.8 Å². The van der Waals surface area contributed by atoms with E-state index in [1.54, 1.807) is 31.2 Å². The number of imide groups is 1. The highest BCUT2D eigenvalue weighted by atomic mass is 16.3. The molecule has 5 rings (SSSR count). The summed E-state index contributed by atoms with van der Waals surface area (Å²) in [6.45, 7) is 1.74. The molecule has 31 heavy (non-hydrogen) atoms. The van der Waals surface area contributed by atoms with E-state index in [4.69, 9.17) is 0 Å². The summed E-state index contributed by atoms with van der Waals surface area (Å²) in [4.78, 5) is 27.7. The van der Waals surface area contributed by atoms with Crippen LogP contribution in [0.15, 0.2) is 78.9 Å². The molecule has 0 unspecified atom stereocenters. The molecule has 1 aliphatic carbocycles. The topological polar surface area (TPSA) is 57.6 Å². The molecule has 152 valence electrons. The largest absolute Gasteiger partial charge is 0.390 e. The first kappa shape index (κ1) is 19.3. The van der Waals surface area contributed by atoms with Crippen LogP contribution in [0, 0.1) is 11.8 Å². The Morgan fingerprint density at radius 3 is 1.74 bits per heavy atom. The van der Waals surface area contributed by atoms with Gasteiger partial charge in [0.05, 0.1) is 22.3 Å².